The highest BCUT2D eigenvalue weighted by Crippen LogP contribution is 2.34. The second-order valence-electron chi connectivity index (χ2n) is 4.25. The summed E-state index contributed by atoms with van der Waals surface area (Å²) in [5.41, 5.74) is 1.56. The Bertz CT molecular complexity index is 563. The molecule has 0 saturated heterocycles. The van der Waals surface area contributed by atoms with Gasteiger partial charge >= 0.3 is 0 Å². The summed E-state index contributed by atoms with van der Waals surface area (Å²) in [6, 6.07) is 6.40. The summed E-state index contributed by atoms with van der Waals surface area (Å²) in [7, 11) is 0. The molecular formula is C14H13BrF2S. The van der Waals surface area contributed by atoms with Gasteiger partial charge in [-0.1, -0.05) is 28.1 Å². The molecule has 1 aromatic heterocycles. The summed E-state index contributed by atoms with van der Waals surface area (Å²) >= 11 is 5.28. The highest BCUT2D eigenvalue weighted by molar-refractivity contribution is 9.09. The SMILES string of the molecule is Cc1cc(C(Br)Cc2cccc(F)c2F)c(C)s1. The first kappa shape index (κ1) is 13.7. The first-order chi connectivity index (χ1) is 8.49. The number of hydrogen-bond donors (Lipinski definition) is 0. The minimum absolute atomic E-state index is 0.0127. The standard InChI is InChI=1S/C14H13BrF2S/c1-8-6-11(9(2)18-8)12(15)7-10-4-3-5-13(16)14(10)17/h3-6,12H,7H2,1-2H3. The van der Waals surface area contributed by atoms with E-state index >= 15 is 0 Å². The zero-order chi connectivity index (χ0) is 13.3. The summed E-state index contributed by atoms with van der Waals surface area (Å²) in [6.45, 7) is 4.09. The van der Waals surface area contributed by atoms with Crippen LogP contribution in [0.3, 0.4) is 0 Å². The molecule has 0 radical (unpaired) electrons. The van der Waals surface area contributed by atoms with Gasteiger partial charge in [-0.05, 0) is 43.5 Å². The van der Waals surface area contributed by atoms with Crippen molar-refractivity contribution < 1.29 is 8.78 Å². The largest absolute Gasteiger partial charge is 0.204 e. The van der Waals surface area contributed by atoms with E-state index in [9.17, 15) is 8.78 Å². The van der Waals surface area contributed by atoms with Crippen LogP contribution in [0.4, 0.5) is 8.78 Å². The highest BCUT2D eigenvalue weighted by atomic mass is 79.9. The number of aryl methyl sites for hydroxylation is 2. The zero-order valence-corrected chi connectivity index (χ0v) is 12.5. The van der Waals surface area contributed by atoms with E-state index < -0.39 is 11.6 Å². The average Bonchev–Trinajstić information content (AvgIpc) is 2.64. The minimum Gasteiger partial charge on any atom is -0.204 e. The van der Waals surface area contributed by atoms with Crippen molar-refractivity contribution >= 4 is 27.3 Å². The Morgan fingerprint density at radius 2 is 2.00 bits per heavy atom. The van der Waals surface area contributed by atoms with Gasteiger partial charge < -0.3 is 0 Å². The quantitative estimate of drug-likeness (QED) is 0.668. The van der Waals surface area contributed by atoms with Crippen molar-refractivity contribution in [2.75, 3.05) is 0 Å². The van der Waals surface area contributed by atoms with Crippen LogP contribution in [0.2, 0.25) is 0 Å². The van der Waals surface area contributed by atoms with Gasteiger partial charge in [-0.25, -0.2) is 8.78 Å². The second-order valence-corrected chi connectivity index (χ2v) is 6.82. The monoisotopic (exact) mass is 330 g/mol. The van der Waals surface area contributed by atoms with E-state index in [2.05, 4.69) is 22.0 Å². The fourth-order valence-electron chi connectivity index (χ4n) is 1.97. The number of halogens is 3. The smallest absolute Gasteiger partial charge is 0.162 e. The molecule has 18 heavy (non-hydrogen) atoms. The Labute approximate surface area is 118 Å². The lowest BCUT2D eigenvalue weighted by Crippen LogP contribution is -2.00. The van der Waals surface area contributed by atoms with Gasteiger partial charge in [0.05, 0.1) is 0 Å². The number of benzene rings is 1. The van der Waals surface area contributed by atoms with Crippen LogP contribution in [0.1, 0.15) is 25.7 Å². The molecule has 0 fully saturated rings. The minimum atomic E-state index is -0.787. The van der Waals surface area contributed by atoms with Crippen LogP contribution in [-0.4, -0.2) is 0 Å². The van der Waals surface area contributed by atoms with Gasteiger partial charge in [0.1, 0.15) is 0 Å². The molecule has 0 N–H and O–H groups in total. The van der Waals surface area contributed by atoms with Crippen molar-refractivity contribution in [2.45, 2.75) is 25.1 Å². The van der Waals surface area contributed by atoms with Crippen molar-refractivity contribution in [3.8, 4) is 0 Å². The van der Waals surface area contributed by atoms with Crippen LogP contribution in [0.5, 0.6) is 0 Å². The summed E-state index contributed by atoms with van der Waals surface area (Å²) in [5.74, 6) is -1.53. The lowest BCUT2D eigenvalue weighted by atomic mass is 10.0. The Morgan fingerprint density at radius 1 is 1.28 bits per heavy atom. The third kappa shape index (κ3) is 2.81. The summed E-state index contributed by atoms with van der Waals surface area (Å²) in [4.78, 5) is 2.46. The van der Waals surface area contributed by atoms with E-state index in [-0.39, 0.29) is 4.83 Å². The first-order valence-electron chi connectivity index (χ1n) is 5.63. The molecule has 0 aliphatic heterocycles. The first-order valence-corrected chi connectivity index (χ1v) is 7.36. The maximum Gasteiger partial charge on any atom is 0.162 e. The highest BCUT2D eigenvalue weighted by Gasteiger charge is 2.16. The summed E-state index contributed by atoms with van der Waals surface area (Å²) < 4.78 is 26.7. The van der Waals surface area contributed by atoms with E-state index in [1.54, 1.807) is 23.5 Å². The third-order valence-corrected chi connectivity index (χ3v) is 4.65. The van der Waals surface area contributed by atoms with E-state index in [0.717, 1.165) is 11.6 Å². The summed E-state index contributed by atoms with van der Waals surface area (Å²) in [5, 5.41) is 0. The molecule has 1 heterocycles. The van der Waals surface area contributed by atoms with Gasteiger partial charge in [0.15, 0.2) is 11.6 Å². The molecule has 0 nitrogen and oxygen atoms in total. The Hall–Kier alpha value is -0.740. The van der Waals surface area contributed by atoms with Crippen molar-refractivity contribution in [1.29, 1.82) is 0 Å². The molecule has 0 saturated carbocycles. The van der Waals surface area contributed by atoms with E-state index in [4.69, 9.17) is 0 Å². The van der Waals surface area contributed by atoms with E-state index in [1.165, 1.54) is 9.75 Å². The summed E-state index contributed by atoms with van der Waals surface area (Å²) in [6.07, 6.45) is 0.445. The molecular weight excluding hydrogens is 318 g/mol. The Balaban J connectivity index is 2.24. The van der Waals surface area contributed by atoms with Crippen LogP contribution in [-0.2, 0) is 6.42 Å². The van der Waals surface area contributed by atoms with Crippen molar-refractivity contribution in [1.82, 2.24) is 0 Å². The molecule has 0 spiro atoms. The fraction of sp³-hybridized carbons (Fsp3) is 0.286. The Morgan fingerprint density at radius 3 is 2.61 bits per heavy atom. The number of rotatable bonds is 3. The Kier molecular flexibility index (Phi) is 4.17. The van der Waals surface area contributed by atoms with Gasteiger partial charge in [0, 0.05) is 14.6 Å². The normalized spacial score (nSPS) is 12.7. The molecule has 4 heteroatoms. The van der Waals surface area contributed by atoms with Gasteiger partial charge in [-0.15, -0.1) is 11.3 Å². The lowest BCUT2D eigenvalue weighted by molar-refractivity contribution is 0.498. The second kappa shape index (κ2) is 5.49. The molecule has 96 valence electrons. The van der Waals surface area contributed by atoms with Crippen LogP contribution >= 0.6 is 27.3 Å². The fourth-order valence-corrected chi connectivity index (χ4v) is 3.93. The topological polar surface area (TPSA) is 0 Å². The number of hydrogen-bond acceptors (Lipinski definition) is 1. The van der Waals surface area contributed by atoms with Crippen molar-refractivity contribution in [3.05, 3.63) is 56.8 Å². The predicted octanol–water partition coefficient (Wildman–Crippen LogP) is 5.32. The molecule has 0 amide bonds. The number of thiophene rings is 1. The van der Waals surface area contributed by atoms with Crippen LogP contribution < -0.4 is 0 Å². The van der Waals surface area contributed by atoms with Gasteiger partial charge in [0.2, 0.25) is 0 Å². The zero-order valence-electron chi connectivity index (χ0n) is 10.1. The maximum atomic E-state index is 13.6. The van der Waals surface area contributed by atoms with Crippen molar-refractivity contribution in [2.24, 2.45) is 0 Å². The van der Waals surface area contributed by atoms with Gasteiger partial charge in [-0.3, -0.25) is 0 Å². The molecule has 1 atom stereocenters. The van der Waals surface area contributed by atoms with E-state index in [1.807, 2.05) is 13.8 Å². The third-order valence-electron chi connectivity index (χ3n) is 2.85. The predicted molar refractivity (Wildman–Crippen MR) is 75.5 cm³/mol. The maximum absolute atomic E-state index is 13.6. The molecule has 0 bridgehead atoms. The molecule has 1 unspecified atom stereocenters. The van der Waals surface area contributed by atoms with Crippen LogP contribution in [0, 0.1) is 25.5 Å². The van der Waals surface area contributed by atoms with E-state index in [0.29, 0.717) is 12.0 Å². The van der Waals surface area contributed by atoms with Gasteiger partial charge in [-0.2, -0.15) is 0 Å². The molecule has 1 aromatic carbocycles. The average molecular weight is 331 g/mol. The van der Waals surface area contributed by atoms with Gasteiger partial charge in [0.25, 0.3) is 0 Å². The molecule has 2 aromatic rings. The van der Waals surface area contributed by atoms with Crippen molar-refractivity contribution in [3.63, 3.8) is 0 Å². The number of alkyl halides is 1. The van der Waals surface area contributed by atoms with Crippen LogP contribution in [0.25, 0.3) is 0 Å². The molecule has 2 rings (SSSR count). The molecule has 0 aliphatic rings. The van der Waals surface area contributed by atoms with Crippen LogP contribution in [0.15, 0.2) is 24.3 Å². The lowest BCUT2D eigenvalue weighted by Gasteiger charge is -2.10. The molecule has 0 aliphatic carbocycles.